The topological polar surface area (TPSA) is 50.3 Å². The average Bonchev–Trinajstić information content (AvgIpc) is 3.41. The Morgan fingerprint density at radius 2 is 1.51 bits per heavy atom. The van der Waals surface area contributed by atoms with E-state index in [-0.39, 0.29) is 17.4 Å². The van der Waals surface area contributed by atoms with Gasteiger partial charge in [-0.2, -0.15) is 13.2 Å². The summed E-state index contributed by atoms with van der Waals surface area (Å²) >= 11 is 0. The molecule has 1 N–H and O–H groups in total. The number of rotatable bonds is 5. The van der Waals surface area contributed by atoms with Crippen molar-refractivity contribution in [1.82, 2.24) is 15.1 Å². The molecule has 2 aromatic rings. The third-order valence-electron chi connectivity index (χ3n) is 8.51. The number of nitrogens with zero attached hydrogens (tertiary/aromatic N) is 3. The molecule has 1 aliphatic carbocycles. The summed E-state index contributed by atoms with van der Waals surface area (Å²) in [6, 6.07) is 1.17. The molecule has 2 saturated heterocycles. The number of benzene rings is 1. The molecule has 0 bridgehead atoms. The van der Waals surface area contributed by atoms with Crippen LogP contribution in [-0.4, -0.2) is 68.5 Å². The Kier molecular flexibility index (Phi) is 6.97. The minimum atomic E-state index is -4.80. The highest BCUT2D eigenvalue weighted by Gasteiger charge is 2.47. The summed E-state index contributed by atoms with van der Waals surface area (Å²) < 4.78 is 88.3. The number of nitrogens with one attached hydrogen (secondary N) is 1. The molecule has 3 atom stereocenters. The summed E-state index contributed by atoms with van der Waals surface area (Å²) in [7, 11) is 4.56. The van der Waals surface area contributed by atoms with Gasteiger partial charge in [-0.1, -0.05) is 0 Å². The lowest BCUT2D eigenvalue weighted by molar-refractivity contribution is -0.137. The van der Waals surface area contributed by atoms with Gasteiger partial charge < -0.3 is 15.0 Å². The molecule has 3 fully saturated rings. The summed E-state index contributed by atoms with van der Waals surface area (Å²) in [5.41, 5.74) is -2.24. The Hall–Kier alpha value is -2.27. The molecule has 0 unspecified atom stereocenters. The second kappa shape index (κ2) is 9.80. The molecule has 5 rings (SSSR count). The number of anilines is 1. The predicted octanol–water partition coefficient (Wildman–Crippen LogP) is 3.05. The van der Waals surface area contributed by atoms with Crippen molar-refractivity contribution < 1.29 is 31.1 Å². The van der Waals surface area contributed by atoms with Gasteiger partial charge in [0.15, 0.2) is 17.5 Å². The van der Waals surface area contributed by atoms with Gasteiger partial charge in [-0.15, -0.1) is 10.2 Å². The van der Waals surface area contributed by atoms with Gasteiger partial charge >= 0.3 is 6.18 Å². The Morgan fingerprint density at radius 3 is 2.14 bits per heavy atom. The zero-order chi connectivity index (χ0) is 26.5. The Morgan fingerprint density at radius 1 is 0.892 bits per heavy atom. The van der Waals surface area contributed by atoms with Gasteiger partial charge in [-0.3, -0.25) is 0 Å². The molecule has 198 valence electrons. The summed E-state index contributed by atoms with van der Waals surface area (Å²) in [6.07, 6.45) is -1.31. The van der Waals surface area contributed by atoms with E-state index in [9.17, 15) is 26.3 Å². The summed E-state index contributed by atoms with van der Waals surface area (Å²) in [4.78, 5) is 2.53. The quantitative estimate of drug-likeness (QED) is 0.371. The normalized spacial score (nSPS) is 25.4. The fourth-order valence-corrected chi connectivity index (χ4v) is 6.31. The van der Waals surface area contributed by atoms with Crippen molar-refractivity contribution in [3.05, 3.63) is 41.2 Å². The third kappa shape index (κ3) is 5.21. The van der Waals surface area contributed by atoms with Gasteiger partial charge in [0.05, 0.1) is 5.69 Å². The Balaban J connectivity index is 1.30. The van der Waals surface area contributed by atoms with Crippen LogP contribution in [0, 0.1) is 35.2 Å². The summed E-state index contributed by atoms with van der Waals surface area (Å²) in [6.45, 7) is 3.37. The number of hydrogen-bond acceptors (Lipinski definition) is 5. The van der Waals surface area contributed by atoms with Gasteiger partial charge in [0, 0.05) is 44.0 Å². The molecule has 37 heavy (non-hydrogen) atoms. The molecule has 5 nitrogen and oxygen atoms in total. The number of likely N-dealkylation sites (tertiary alicyclic amines) is 1. The number of halogens is 6. The van der Waals surface area contributed by atoms with Crippen LogP contribution in [0.4, 0.5) is 32.2 Å². The minimum Gasteiger partial charge on any atom is -0.381 e. The van der Waals surface area contributed by atoms with Crippen LogP contribution in [0.25, 0.3) is 11.3 Å². The summed E-state index contributed by atoms with van der Waals surface area (Å²) in [5, 5.41) is 10.4. The molecule has 0 radical (unpaired) electrons. The van der Waals surface area contributed by atoms with E-state index < -0.39 is 46.3 Å². The van der Waals surface area contributed by atoms with Crippen molar-refractivity contribution in [2.75, 3.05) is 31.6 Å². The first-order chi connectivity index (χ1) is 17.4. The number of aromatic nitrogens is 2. The van der Waals surface area contributed by atoms with E-state index in [2.05, 4.69) is 36.1 Å². The standard InChI is InChI=1S/C24H28B2F6N4O/c25-23(26,14-1-3-37-4-2-14)36-10-12-5-15(6-13(12)11-36)33-22-17(24(30,31)32)8-21(34-35-22)16-7-19(28)20(29)9-18(16)27/h7-9,12-15H,1-6,10-11,25-26H2,(H,33,35)/t12-,13+,15+. The molecule has 1 aromatic heterocycles. The molecule has 0 amide bonds. The fourth-order valence-electron chi connectivity index (χ4n) is 6.31. The lowest BCUT2D eigenvalue weighted by atomic mass is 9.52. The van der Waals surface area contributed by atoms with Gasteiger partial charge in [-0.05, 0) is 60.9 Å². The molecule has 3 aliphatic rings. The second-order valence-corrected chi connectivity index (χ2v) is 11.0. The van der Waals surface area contributed by atoms with Crippen molar-refractivity contribution >= 4 is 21.5 Å². The number of ether oxygens (including phenoxy) is 1. The van der Waals surface area contributed by atoms with Gasteiger partial charge in [0.1, 0.15) is 27.1 Å². The SMILES string of the molecule is BC(B)(C1CCOCC1)N1C[C@H]2C[C@H](Nc3nnc(-c4cc(F)c(F)cc4F)cc3C(F)(F)F)C[C@H]2C1. The van der Waals surface area contributed by atoms with Gasteiger partial charge in [0.2, 0.25) is 0 Å². The largest absolute Gasteiger partial charge is 0.420 e. The monoisotopic (exact) mass is 524 g/mol. The van der Waals surface area contributed by atoms with E-state index in [1.54, 1.807) is 0 Å². The Bertz CT molecular complexity index is 1150. The van der Waals surface area contributed by atoms with E-state index in [4.69, 9.17) is 4.74 Å². The molecule has 1 aromatic carbocycles. The van der Waals surface area contributed by atoms with E-state index in [1.165, 1.54) is 0 Å². The van der Waals surface area contributed by atoms with Crippen LogP contribution in [0.5, 0.6) is 0 Å². The van der Waals surface area contributed by atoms with Crippen molar-refractivity contribution in [3.8, 4) is 11.3 Å². The van der Waals surface area contributed by atoms with Gasteiger partial charge in [0.25, 0.3) is 0 Å². The molecule has 1 saturated carbocycles. The predicted molar refractivity (Wildman–Crippen MR) is 131 cm³/mol. The number of alkyl halides is 3. The number of fused-ring (bicyclic) bond motifs is 1. The van der Waals surface area contributed by atoms with E-state index in [1.807, 2.05) is 0 Å². The van der Waals surface area contributed by atoms with Crippen molar-refractivity contribution in [2.45, 2.75) is 43.2 Å². The van der Waals surface area contributed by atoms with Crippen molar-refractivity contribution in [3.63, 3.8) is 0 Å². The lowest BCUT2D eigenvalue weighted by Gasteiger charge is -2.45. The highest BCUT2D eigenvalue weighted by molar-refractivity contribution is 6.40. The lowest BCUT2D eigenvalue weighted by Crippen LogP contribution is -2.56. The number of hydrogen-bond donors (Lipinski definition) is 1. The maximum absolute atomic E-state index is 14.2. The molecule has 0 spiro atoms. The first-order valence-corrected chi connectivity index (χ1v) is 12.6. The first kappa shape index (κ1) is 26.3. The van der Waals surface area contributed by atoms with Crippen molar-refractivity contribution in [1.29, 1.82) is 0 Å². The van der Waals surface area contributed by atoms with Crippen LogP contribution in [0.2, 0.25) is 0 Å². The molecular weight excluding hydrogens is 496 g/mol. The Labute approximate surface area is 213 Å². The van der Waals surface area contributed by atoms with E-state index >= 15 is 0 Å². The summed E-state index contributed by atoms with van der Waals surface area (Å²) in [5.74, 6) is -3.20. The highest BCUT2D eigenvalue weighted by Crippen LogP contribution is 2.44. The van der Waals surface area contributed by atoms with Crippen LogP contribution in [0.15, 0.2) is 18.2 Å². The van der Waals surface area contributed by atoms with Crippen LogP contribution in [0.1, 0.15) is 31.2 Å². The molecule has 2 aliphatic heterocycles. The van der Waals surface area contributed by atoms with Crippen LogP contribution < -0.4 is 5.32 Å². The highest BCUT2D eigenvalue weighted by atomic mass is 19.4. The molecule has 3 heterocycles. The zero-order valence-corrected chi connectivity index (χ0v) is 20.7. The van der Waals surface area contributed by atoms with E-state index in [0.717, 1.165) is 39.1 Å². The van der Waals surface area contributed by atoms with E-state index in [0.29, 0.717) is 42.7 Å². The average molecular weight is 524 g/mol. The van der Waals surface area contributed by atoms with Crippen molar-refractivity contribution in [2.24, 2.45) is 17.8 Å². The first-order valence-electron chi connectivity index (χ1n) is 12.6. The van der Waals surface area contributed by atoms with Crippen LogP contribution in [0.3, 0.4) is 0 Å². The second-order valence-electron chi connectivity index (χ2n) is 11.0. The minimum absolute atomic E-state index is 0.0386. The zero-order valence-electron chi connectivity index (χ0n) is 20.7. The van der Waals surface area contributed by atoms with Gasteiger partial charge in [-0.25, -0.2) is 13.2 Å². The van der Waals surface area contributed by atoms with Crippen LogP contribution >= 0.6 is 0 Å². The maximum atomic E-state index is 14.2. The molecular formula is C24H28B2F6N4O. The molecule has 13 heteroatoms. The smallest absolute Gasteiger partial charge is 0.381 e. The maximum Gasteiger partial charge on any atom is 0.420 e. The third-order valence-corrected chi connectivity index (χ3v) is 8.51. The fraction of sp³-hybridized carbons (Fsp3) is 0.583. The van der Waals surface area contributed by atoms with Crippen LogP contribution in [-0.2, 0) is 10.9 Å².